The number of anilines is 2. The minimum atomic E-state index is -0.396. The van der Waals surface area contributed by atoms with E-state index in [1.807, 2.05) is 29.8 Å². The van der Waals surface area contributed by atoms with Crippen LogP contribution in [-0.4, -0.2) is 15.8 Å². The Morgan fingerprint density at radius 2 is 1.74 bits per heavy atom. The van der Waals surface area contributed by atoms with Gasteiger partial charge in [-0.3, -0.25) is 4.68 Å². The summed E-state index contributed by atoms with van der Waals surface area (Å²) >= 11 is 3.57. The topological polar surface area (TPSA) is 59.0 Å². The van der Waals surface area contributed by atoms with Crippen molar-refractivity contribution in [3.8, 4) is 11.3 Å². The Morgan fingerprint density at radius 1 is 1.11 bits per heavy atom. The molecule has 3 aromatic rings. The van der Waals surface area contributed by atoms with E-state index in [0.29, 0.717) is 11.4 Å². The van der Waals surface area contributed by atoms with E-state index in [1.54, 1.807) is 6.20 Å². The van der Waals surface area contributed by atoms with Gasteiger partial charge in [0, 0.05) is 23.0 Å². The van der Waals surface area contributed by atoms with Gasteiger partial charge in [0.05, 0.1) is 16.4 Å². The number of hydrogen-bond donors (Lipinski definition) is 2. The fourth-order valence-corrected chi connectivity index (χ4v) is 3.25. The number of carbonyl (C=O) groups excluding carboxylic acids is 1. The maximum absolute atomic E-state index is 13.0. The number of aromatic nitrogens is 2. The molecule has 0 atom stereocenters. The molecule has 0 saturated heterocycles. The van der Waals surface area contributed by atoms with Gasteiger partial charge in [0.15, 0.2) is 0 Å². The summed E-state index contributed by atoms with van der Waals surface area (Å²) in [5, 5.41) is 9.92. The summed E-state index contributed by atoms with van der Waals surface area (Å²) in [7, 11) is 0. The average Bonchev–Trinajstić information content (AvgIpc) is 3.00. The van der Waals surface area contributed by atoms with Crippen molar-refractivity contribution in [3.05, 3.63) is 64.5 Å². The Kier molecular flexibility index (Phi) is 5.60. The number of halogens is 2. The smallest absolute Gasteiger partial charge is 0.308 e. The largest absolute Gasteiger partial charge is 0.323 e. The first kappa shape index (κ1) is 19.1. The molecular weight excluding hydrogens is 411 g/mol. The van der Waals surface area contributed by atoms with Crippen LogP contribution in [0.3, 0.4) is 0 Å². The molecule has 3 rings (SSSR count). The summed E-state index contributed by atoms with van der Waals surface area (Å²) < 4.78 is 15.8. The van der Waals surface area contributed by atoms with E-state index in [2.05, 4.69) is 45.5 Å². The molecule has 0 fully saturated rings. The van der Waals surface area contributed by atoms with Gasteiger partial charge < -0.3 is 10.6 Å². The molecule has 0 aliphatic heterocycles. The Hall–Kier alpha value is -2.67. The van der Waals surface area contributed by atoms with Crippen LogP contribution in [0.15, 0.2) is 53.1 Å². The molecule has 27 heavy (non-hydrogen) atoms. The van der Waals surface area contributed by atoms with Crippen molar-refractivity contribution in [2.24, 2.45) is 0 Å². The van der Waals surface area contributed by atoms with Gasteiger partial charge in [0.2, 0.25) is 0 Å². The van der Waals surface area contributed by atoms with Crippen molar-refractivity contribution < 1.29 is 9.18 Å². The molecule has 0 unspecified atom stereocenters. The Balaban J connectivity index is 1.84. The van der Waals surface area contributed by atoms with Crippen molar-refractivity contribution in [2.75, 3.05) is 10.6 Å². The highest BCUT2D eigenvalue weighted by Crippen LogP contribution is 2.34. The van der Waals surface area contributed by atoms with E-state index in [-0.39, 0.29) is 11.9 Å². The van der Waals surface area contributed by atoms with E-state index in [1.165, 1.54) is 24.3 Å². The normalized spacial score (nSPS) is 10.9. The lowest BCUT2D eigenvalue weighted by atomic mass is 10.0. The van der Waals surface area contributed by atoms with Crippen LogP contribution in [-0.2, 0) is 0 Å². The number of urea groups is 1. The molecule has 0 aliphatic rings. The Labute approximate surface area is 165 Å². The monoisotopic (exact) mass is 430 g/mol. The molecule has 1 aromatic heterocycles. The third-order valence-electron chi connectivity index (χ3n) is 4.09. The minimum Gasteiger partial charge on any atom is -0.308 e. The molecule has 0 spiro atoms. The van der Waals surface area contributed by atoms with Crippen LogP contribution in [0.4, 0.5) is 20.6 Å². The first-order valence-electron chi connectivity index (χ1n) is 8.52. The molecule has 0 radical (unpaired) electrons. The van der Waals surface area contributed by atoms with Gasteiger partial charge in [0.25, 0.3) is 0 Å². The third-order valence-corrected chi connectivity index (χ3v) is 4.67. The van der Waals surface area contributed by atoms with Crippen LogP contribution in [0.2, 0.25) is 0 Å². The molecule has 7 heteroatoms. The number of nitrogens with one attached hydrogen (secondary N) is 2. The first-order valence-corrected chi connectivity index (χ1v) is 9.32. The predicted molar refractivity (Wildman–Crippen MR) is 110 cm³/mol. The minimum absolute atomic E-state index is 0.198. The van der Waals surface area contributed by atoms with E-state index >= 15 is 0 Å². The number of hydrogen-bond acceptors (Lipinski definition) is 2. The van der Waals surface area contributed by atoms with Crippen molar-refractivity contribution in [1.82, 2.24) is 9.78 Å². The van der Waals surface area contributed by atoms with Gasteiger partial charge in [0.1, 0.15) is 5.82 Å². The zero-order valence-corrected chi connectivity index (χ0v) is 16.8. The summed E-state index contributed by atoms with van der Waals surface area (Å²) in [6.45, 7) is 6.15. The molecule has 2 aromatic carbocycles. The van der Waals surface area contributed by atoms with Crippen LogP contribution >= 0.6 is 15.9 Å². The highest BCUT2D eigenvalue weighted by Gasteiger charge is 2.16. The van der Waals surface area contributed by atoms with E-state index in [9.17, 15) is 9.18 Å². The number of nitrogens with zero attached hydrogens (tertiary/aromatic N) is 2. The molecular formula is C20H20BrFN4O. The summed E-state index contributed by atoms with van der Waals surface area (Å²) in [5.74, 6) is -0.350. The fourth-order valence-electron chi connectivity index (χ4n) is 2.77. The summed E-state index contributed by atoms with van der Waals surface area (Å²) in [6.07, 6.45) is 1.77. The summed E-state index contributed by atoms with van der Waals surface area (Å²) in [5.41, 5.74) is 4.18. The van der Waals surface area contributed by atoms with Crippen LogP contribution in [0.5, 0.6) is 0 Å². The lowest BCUT2D eigenvalue weighted by Crippen LogP contribution is -2.19. The van der Waals surface area contributed by atoms with Gasteiger partial charge in [-0.15, -0.1) is 0 Å². The number of carbonyl (C=O) groups is 1. The summed E-state index contributed by atoms with van der Waals surface area (Å²) in [6, 6.07) is 11.1. The maximum atomic E-state index is 13.0. The summed E-state index contributed by atoms with van der Waals surface area (Å²) in [4.78, 5) is 12.2. The standard InChI is InChI=1S/C20H20BrFN4O/c1-12(2)26-19(18(21)11-23-26)17-10-16(7-4-13(17)3)25-20(27)24-15-8-5-14(22)6-9-15/h4-12H,1-3H3,(H2,24,25,27). The van der Waals surface area contributed by atoms with Gasteiger partial charge >= 0.3 is 6.03 Å². The molecule has 140 valence electrons. The van der Waals surface area contributed by atoms with Crippen LogP contribution < -0.4 is 10.6 Å². The molecule has 1 heterocycles. The van der Waals surface area contributed by atoms with Crippen molar-refractivity contribution in [3.63, 3.8) is 0 Å². The molecule has 0 bridgehead atoms. The van der Waals surface area contributed by atoms with E-state index < -0.39 is 6.03 Å². The van der Waals surface area contributed by atoms with Crippen LogP contribution in [0, 0.1) is 12.7 Å². The van der Waals surface area contributed by atoms with Crippen molar-refractivity contribution in [1.29, 1.82) is 0 Å². The first-order chi connectivity index (χ1) is 12.8. The van der Waals surface area contributed by atoms with Gasteiger partial charge in [-0.1, -0.05) is 6.07 Å². The van der Waals surface area contributed by atoms with Crippen molar-refractivity contribution in [2.45, 2.75) is 26.8 Å². The van der Waals surface area contributed by atoms with Crippen molar-refractivity contribution >= 4 is 33.3 Å². The van der Waals surface area contributed by atoms with Gasteiger partial charge in [-0.05, 0) is 78.7 Å². The Bertz CT molecular complexity index is 967. The number of benzene rings is 2. The van der Waals surface area contributed by atoms with Gasteiger partial charge in [-0.2, -0.15) is 5.10 Å². The Morgan fingerprint density at radius 3 is 2.41 bits per heavy atom. The zero-order valence-electron chi connectivity index (χ0n) is 15.3. The molecule has 2 amide bonds. The lowest BCUT2D eigenvalue weighted by Gasteiger charge is -2.15. The molecule has 0 aliphatic carbocycles. The highest BCUT2D eigenvalue weighted by molar-refractivity contribution is 9.10. The number of amides is 2. The number of rotatable bonds is 4. The van der Waals surface area contributed by atoms with Gasteiger partial charge in [-0.25, -0.2) is 9.18 Å². The zero-order chi connectivity index (χ0) is 19.6. The van der Waals surface area contributed by atoms with E-state index in [4.69, 9.17) is 0 Å². The fraction of sp³-hybridized carbons (Fsp3) is 0.200. The average molecular weight is 431 g/mol. The predicted octanol–water partition coefficient (Wildman–Crippen LogP) is 5.99. The van der Waals surface area contributed by atoms with Crippen LogP contribution in [0.1, 0.15) is 25.5 Å². The second-order valence-corrected chi connectivity index (χ2v) is 7.35. The molecule has 2 N–H and O–H groups in total. The second-order valence-electron chi connectivity index (χ2n) is 6.50. The highest BCUT2D eigenvalue weighted by atomic mass is 79.9. The maximum Gasteiger partial charge on any atom is 0.323 e. The number of aryl methyl sites for hydroxylation is 1. The quantitative estimate of drug-likeness (QED) is 0.534. The third kappa shape index (κ3) is 4.36. The van der Waals surface area contributed by atoms with Crippen LogP contribution in [0.25, 0.3) is 11.3 Å². The molecule has 0 saturated carbocycles. The second kappa shape index (κ2) is 7.92. The van der Waals surface area contributed by atoms with E-state index in [0.717, 1.165) is 21.3 Å². The molecule has 5 nitrogen and oxygen atoms in total. The lowest BCUT2D eigenvalue weighted by molar-refractivity contribution is 0.262. The SMILES string of the molecule is Cc1ccc(NC(=O)Nc2ccc(F)cc2)cc1-c1c(Br)cnn1C(C)C.